The monoisotopic (exact) mass is 567 g/mol. The van der Waals surface area contributed by atoms with Crippen molar-refractivity contribution in [2.24, 2.45) is 0 Å². The van der Waals surface area contributed by atoms with Crippen molar-refractivity contribution < 1.29 is 4.42 Å². The van der Waals surface area contributed by atoms with Crippen molar-refractivity contribution in [1.29, 1.82) is 0 Å². The van der Waals surface area contributed by atoms with Crippen LogP contribution in [0.5, 0.6) is 0 Å². The summed E-state index contributed by atoms with van der Waals surface area (Å²) < 4.78 is 8.79. The van der Waals surface area contributed by atoms with Crippen molar-refractivity contribution >= 4 is 81.3 Å². The molecule has 202 valence electrons. The lowest BCUT2D eigenvalue weighted by atomic mass is 9.95. The smallest absolute Gasteiger partial charge is 0.136 e. The molecule has 43 heavy (non-hydrogen) atoms. The summed E-state index contributed by atoms with van der Waals surface area (Å²) >= 11 is 1.85. The van der Waals surface area contributed by atoms with E-state index in [4.69, 9.17) is 4.42 Å². The highest BCUT2D eigenvalue weighted by Gasteiger charge is 2.16. The van der Waals surface area contributed by atoms with Crippen LogP contribution in [0, 0.1) is 0 Å². The zero-order valence-electron chi connectivity index (χ0n) is 23.2. The van der Waals surface area contributed by atoms with Crippen LogP contribution in [-0.2, 0) is 0 Å². The van der Waals surface area contributed by atoms with Gasteiger partial charge in [-0.2, -0.15) is 0 Å². The first-order valence-corrected chi connectivity index (χ1v) is 15.3. The van der Waals surface area contributed by atoms with Gasteiger partial charge in [0.1, 0.15) is 11.2 Å². The first kappa shape index (κ1) is 24.2. The van der Waals surface area contributed by atoms with Gasteiger partial charge in [-0.3, -0.25) is 0 Å². The Morgan fingerprint density at radius 2 is 1.09 bits per heavy atom. The number of rotatable bonds is 4. The summed E-state index contributed by atoms with van der Waals surface area (Å²) in [5, 5.41) is 7.41. The Bertz CT molecular complexity index is 2450. The van der Waals surface area contributed by atoms with Crippen molar-refractivity contribution in [3.05, 3.63) is 152 Å². The third kappa shape index (κ3) is 3.86. The van der Waals surface area contributed by atoms with Crippen molar-refractivity contribution in [3.8, 4) is 11.1 Å². The van der Waals surface area contributed by atoms with Gasteiger partial charge in [0.25, 0.3) is 0 Å². The fourth-order valence-electron chi connectivity index (χ4n) is 6.50. The van der Waals surface area contributed by atoms with Crippen LogP contribution in [0.25, 0.3) is 64.0 Å². The molecule has 0 unspecified atom stereocenters. The number of hydrogen-bond donors (Lipinski definition) is 0. The quantitative estimate of drug-likeness (QED) is 0.210. The molecule has 0 atom stereocenters. The van der Waals surface area contributed by atoms with Crippen LogP contribution in [-0.4, -0.2) is 0 Å². The molecule has 0 spiro atoms. The summed E-state index contributed by atoms with van der Waals surface area (Å²) in [4.78, 5) is 2.35. The summed E-state index contributed by atoms with van der Waals surface area (Å²) in [6.07, 6.45) is 0. The zero-order valence-corrected chi connectivity index (χ0v) is 24.0. The minimum Gasteiger partial charge on any atom is -0.456 e. The minimum atomic E-state index is 0.926. The maximum atomic E-state index is 6.17. The third-order valence-corrected chi connectivity index (χ3v) is 9.60. The number of anilines is 3. The predicted molar refractivity (Wildman–Crippen MR) is 184 cm³/mol. The Kier molecular flexibility index (Phi) is 5.40. The number of benzene rings is 7. The van der Waals surface area contributed by atoms with Gasteiger partial charge in [-0.05, 0) is 76.5 Å². The van der Waals surface area contributed by atoms with Gasteiger partial charge >= 0.3 is 0 Å². The summed E-state index contributed by atoms with van der Waals surface area (Å²) in [7, 11) is 0. The molecule has 9 aromatic rings. The van der Waals surface area contributed by atoms with Gasteiger partial charge in [0.15, 0.2) is 0 Å². The topological polar surface area (TPSA) is 16.4 Å². The van der Waals surface area contributed by atoms with Gasteiger partial charge < -0.3 is 9.32 Å². The van der Waals surface area contributed by atoms with E-state index in [1.165, 1.54) is 47.5 Å². The molecule has 3 heteroatoms. The highest BCUT2D eigenvalue weighted by Crippen LogP contribution is 2.42. The van der Waals surface area contributed by atoms with E-state index >= 15 is 0 Å². The molecule has 2 nitrogen and oxygen atoms in total. The van der Waals surface area contributed by atoms with E-state index in [0.29, 0.717) is 0 Å². The van der Waals surface area contributed by atoms with E-state index < -0.39 is 0 Å². The molecule has 0 saturated heterocycles. The normalized spacial score (nSPS) is 11.7. The maximum absolute atomic E-state index is 6.17. The molecule has 0 radical (unpaired) electrons. The molecular weight excluding hydrogens is 543 g/mol. The largest absolute Gasteiger partial charge is 0.456 e. The lowest BCUT2D eigenvalue weighted by Crippen LogP contribution is -2.09. The first-order valence-electron chi connectivity index (χ1n) is 14.5. The van der Waals surface area contributed by atoms with Crippen molar-refractivity contribution in [2.75, 3.05) is 4.90 Å². The summed E-state index contributed by atoms with van der Waals surface area (Å²) in [5.74, 6) is 0. The summed E-state index contributed by atoms with van der Waals surface area (Å²) in [6, 6.07) is 54.3. The van der Waals surface area contributed by atoms with Crippen LogP contribution in [0.15, 0.2) is 156 Å². The number of fused-ring (bicyclic) bond motifs is 8. The van der Waals surface area contributed by atoms with Gasteiger partial charge in [0.2, 0.25) is 0 Å². The molecule has 2 heterocycles. The number of furan rings is 1. The molecule has 0 fully saturated rings. The highest BCUT2D eigenvalue weighted by molar-refractivity contribution is 7.25. The average Bonchev–Trinajstić information content (AvgIpc) is 3.64. The molecule has 9 rings (SSSR count). The van der Waals surface area contributed by atoms with E-state index in [1.54, 1.807) is 0 Å². The minimum absolute atomic E-state index is 0.926. The number of thiophene rings is 1. The van der Waals surface area contributed by atoms with Gasteiger partial charge in [-0.1, -0.05) is 97.1 Å². The second kappa shape index (κ2) is 9.59. The molecule has 0 amide bonds. The predicted octanol–water partition coefficient (Wildman–Crippen LogP) is 12.2. The molecular formula is C40H25NOS. The van der Waals surface area contributed by atoms with Crippen LogP contribution >= 0.6 is 11.3 Å². The number of nitrogens with zero attached hydrogens (tertiary/aromatic N) is 1. The highest BCUT2D eigenvalue weighted by atomic mass is 32.1. The average molecular weight is 568 g/mol. The number of para-hydroxylation sites is 2. The van der Waals surface area contributed by atoms with Crippen molar-refractivity contribution in [2.45, 2.75) is 0 Å². The fourth-order valence-corrected chi connectivity index (χ4v) is 7.64. The van der Waals surface area contributed by atoms with Gasteiger partial charge in [-0.25, -0.2) is 0 Å². The Morgan fingerprint density at radius 1 is 0.419 bits per heavy atom. The molecule has 0 aliphatic carbocycles. The van der Waals surface area contributed by atoms with Crippen molar-refractivity contribution in [1.82, 2.24) is 0 Å². The maximum Gasteiger partial charge on any atom is 0.136 e. The molecule has 0 N–H and O–H groups in total. The molecule has 2 aromatic heterocycles. The molecule has 0 aliphatic rings. The SMILES string of the molecule is c1ccc(N(c2ccc(-c3cccc4c3ccc3oc5ccccc5c34)cc2)c2ccc3c(c2)sc2ccccc23)cc1. The fraction of sp³-hybridized carbons (Fsp3) is 0. The van der Waals surface area contributed by atoms with E-state index in [-0.39, 0.29) is 0 Å². The molecule has 0 saturated carbocycles. The van der Waals surface area contributed by atoms with Gasteiger partial charge in [-0.15, -0.1) is 11.3 Å². The van der Waals surface area contributed by atoms with Crippen LogP contribution < -0.4 is 4.90 Å². The molecule has 7 aromatic carbocycles. The molecule has 0 aliphatic heterocycles. The standard InChI is InChI=1S/C40H25NOS/c1-2-9-27(10-3-1)41(29-21-22-33-32-11-5-7-16-38(32)43-39(33)25-29)28-19-17-26(18-20-28)30-13-8-14-34-31(30)23-24-37-40(34)35-12-4-6-15-36(35)42-37/h1-25H. The summed E-state index contributed by atoms with van der Waals surface area (Å²) in [5.41, 5.74) is 7.67. The van der Waals surface area contributed by atoms with Crippen molar-refractivity contribution in [3.63, 3.8) is 0 Å². The van der Waals surface area contributed by atoms with E-state index in [1.807, 2.05) is 23.5 Å². The Labute approximate surface area is 252 Å². The Hall–Kier alpha value is -5.38. The zero-order chi connectivity index (χ0) is 28.3. The van der Waals surface area contributed by atoms with E-state index in [2.05, 4.69) is 144 Å². The Balaban J connectivity index is 1.17. The van der Waals surface area contributed by atoms with E-state index in [0.717, 1.165) is 33.6 Å². The van der Waals surface area contributed by atoms with Crippen LogP contribution in [0.2, 0.25) is 0 Å². The van der Waals surface area contributed by atoms with E-state index in [9.17, 15) is 0 Å². The molecule has 0 bridgehead atoms. The third-order valence-electron chi connectivity index (χ3n) is 8.47. The summed E-state index contributed by atoms with van der Waals surface area (Å²) in [6.45, 7) is 0. The number of hydrogen-bond acceptors (Lipinski definition) is 3. The first-order chi connectivity index (χ1) is 21.3. The van der Waals surface area contributed by atoms with Crippen LogP contribution in [0.3, 0.4) is 0 Å². The lowest BCUT2D eigenvalue weighted by molar-refractivity contribution is 0.669. The van der Waals surface area contributed by atoms with Crippen LogP contribution in [0.1, 0.15) is 0 Å². The Morgan fingerprint density at radius 3 is 1.98 bits per heavy atom. The lowest BCUT2D eigenvalue weighted by Gasteiger charge is -2.25. The second-order valence-electron chi connectivity index (χ2n) is 10.9. The van der Waals surface area contributed by atoms with Crippen LogP contribution in [0.4, 0.5) is 17.1 Å². The van der Waals surface area contributed by atoms with Gasteiger partial charge in [0.05, 0.1) is 0 Å². The second-order valence-corrected chi connectivity index (χ2v) is 12.0. The van der Waals surface area contributed by atoms with Gasteiger partial charge in [0, 0.05) is 48.0 Å².